The van der Waals surface area contributed by atoms with Crippen molar-refractivity contribution in [2.75, 3.05) is 0 Å². The summed E-state index contributed by atoms with van der Waals surface area (Å²) in [5, 5.41) is 0. The Bertz CT molecular complexity index is 121. The van der Waals surface area contributed by atoms with Crippen LogP contribution in [-0.4, -0.2) is 19.8 Å². The van der Waals surface area contributed by atoms with Crippen molar-refractivity contribution in [3.8, 4) is 0 Å². The van der Waals surface area contributed by atoms with Crippen molar-refractivity contribution in [1.29, 1.82) is 0 Å². The molecule has 0 radical (unpaired) electrons. The second kappa shape index (κ2) is 9.99. The van der Waals surface area contributed by atoms with Crippen LogP contribution in [0.25, 0.3) is 0 Å². The molecule has 0 atom stereocenters. The first-order valence-electron chi connectivity index (χ1n) is 7.09. The van der Waals surface area contributed by atoms with Crippen molar-refractivity contribution in [1.82, 2.24) is 0 Å². The summed E-state index contributed by atoms with van der Waals surface area (Å²) in [7, 11) is 0. The van der Waals surface area contributed by atoms with E-state index in [-0.39, 0.29) is 0 Å². The van der Waals surface area contributed by atoms with E-state index in [9.17, 15) is 0 Å². The van der Waals surface area contributed by atoms with E-state index in [2.05, 4.69) is 34.6 Å². The third kappa shape index (κ3) is 8.59. The van der Waals surface area contributed by atoms with Crippen molar-refractivity contribution in [3.63, 3.8) is 0 Å². The minimum atomic E-state index is -1.15. The number of unbranched alkanes of at least 4 members (excludes halogenated alkanes) is 5. The molecule has 0 fully saturated rings. The van der Waals surface area contributed by atoms with Gasteiger partial charge in [0.1, 0.15) is 0 Å². The fraction of sp³-hybridized carbons (Fsp3) is 1.00. The number of hydrogen-bond donors (Lipinski definition) is 0. The second-order valence-corrected chi connectivity index (χ2v) is 18.8. The minimum absolute atomic E-state index is 1.07. The molecule has 0 aliphatic carbocycles. The molecule has 0 saturated carbocycles. The molecule has 0 nitrogen and oxygen atoms in total. The molecular formula is C14H32Sn. The molecule has 0 unspecified atom stereocenters. The van der Waals surface area contributed by atoms with E-state index in [0.717, 1.165) is 7.87 Å². The Morgan fingerprint density at radius 3 is 1.67 bits per heavy atom. The second-order valence-electron chi connectivity index (χ2n) is 5.71. The number of rotatable bonds is 9. The van der Waals surface area contributed by atoms with Gasteiger partial charge in [0.25, 0.3) is 0 Å². The quantitative estimate of drug-likeness (QED) is 0.395. The van der Waals surface area contributed by atoms with E-state index in [0.29, 0.717) is 0 Å². The van der Waals surface area contributed by atoms with Gasteiger partial charge in [-0.25, -0.2) is 0 Å². The van der Waals surface area contributed by atoms with Crippen LogP contribution in [0.15, 0.2) is 0 Å². The van der Waals surface area contributed by atoms with Crippen LogP contribution in [0.2, 0.25) is 12.3 Å². The molecule has 0 aromatic rings. The third-order valence-corrected chi connectivity index (χ3v) is 16.4. The first-order chi connectivity index (χ1) is 7.09. The van der Waals surface area contributed by atoms with Crippen LogP contribution >= 0.6 is 0 Å². The molecule has 0 aromatic heterocycles. The maximum absolute atomic E-state index is 2.47. The standard InChI is InChI=1S/C8H17.2C3H7.Sn.H/c1-3-5-7-8-6-4-2;2*1-3-2;;/h1,3-8H2,2H3;2*3H,1-2H3;;. The average Bonchev–Trinajstić information content (AvgIpc) is 2.15. The average molecular weight is 319 g/mol. The maximum atomic E-state index is 2.47. The molecule has 1 heteroatoms. The van der Waals surface area contributed by atoms with Crippen molar-refractivity contribution in [2.24, 2.45) is 0 Å². The van der Waals surface area contributed by atoms with Crippen LogP contribution in [-0.2, 0) is 0 Å². The Kier molecular flexibility index (Phi) is 10.5. The zero-order valence-electron chi connectivity index (χ0n) is 11.7. The fourth-order valence-electron chi connectivity index (χ4n) is 2.60. The monoisotopic (exact) mass is 320 g/mol. The van der Waals surface area contributed by atoms with Crippen LogP contribution in [0.5, 0.6) is 0 Å². The molecule has 0 aromatic carbocycles. The summed E-state index contributed by atoms with van der Waals surface area (Å²) in [5.41, 5.74) is 0. The van der Waals surface area contributed by atoms with E-state index in [4.69, 9.17) is 0 Å². The van der Waals surface area contributed by atoms with Crippen LogP contribution in [0.3, 0.4) is 0 Å². The van der Waals surface area contributed by atoms with Crippen LogP contribution in [0, 0.1) is 0 Å². The van der Waals surface area contributed by atoms with E-state index < -0.39 is 19.8 Å². The molecule has 0 saturated heterocycles. The molecule has 15 heavy (non-hydrogen) atoms. The van der Waals surface area contributed by atoms with Gasteiger partial charge < -0.3 is 0 Å². The van der Waals surface area contributed by atoms with Gasteiger partial charge in [0, 0.05) is 0 Å². The summed E-state index contributed by atoms with van der Waals surface area (Å²) < 4.78 is 3.80. The molecule has 0 aliphatic rings. The molecule has 0 aliphatic heterocycles. The molecule has 0 amide bonds. The van der Waals surface area contributed by atoms with Crippen LogP contribution < -0.4 is 0 Å². The SMILES string of the molecule is CCCCCCC[CH2][SnH]([CH](C)C)[CH](C)C. The zero-order valence-corrected chi connectivity index (χ0v) is 15.0. The van der Waals surface area contributed by atoms with Gasteiger partial charge in [-0.05, 0) is 0 Å². The van der Waals surface area contributed by atoms with Crippen molar-refractivity contribution >= 4 is 19.8 Å². The van der Waals surface area contributed by atoms with E-state index in [1.54, 1.807) is 10.9 Å². The van der Waals surface area contributed by atoms with Gasteiger partial charge in [0.15, 0.2) is 0 Å². The Morgan fingerprint density at radius 1 is 0.733 bits per heavy atom. The molecular weight excluding hydrogens is 287 g/mol. The van der Waals surface area contributed by atoms with Gasteiger partial charge in [0.2, 0.25) is 0 Å². The summed E-state index contributed by atoms with van der Waals surface area (Å²) in [4.78, 5) is 0. The molecule has 92 valence electrons. The molecule has 0 rings (SSSR count). The van der Waals surface area contributed by atoms with Crippen molar-refractivity contribution < 1.29 is 0 Å². The Morgan fingerprint density at radius 2 is 1.20 bits per heavy atom. The summed E-state index contributed by atoms with van der Waals surface area (Å²) in [6, 6.07) is 0. The van der Waals surface area contributed by atoms with Crippen LogP contribution in [0.1, 0.15) is 73.1 Å². The fourth-order valence-corrected chi connectivity index (χ4v) is 13.0. The van der Waals surface area contributed by atoms with E-state index >= 15 is 0 Å². The zero-order chi connectivity index (χ0) is 11.7. The van der Waals surface area contributed by atoms with Crippen molar-refractivity contribution in [2.45, 2.75) is 85.4 Å². The Balaban J connectivity index is 3.46. The Hall–Kier alpha value is 0.799. The number of hydrogen-bond acceptors (Lipinski definition) is 0. The summed E-state index contributed by atoms with van der Waals surface area (Å²) in [5.74, 6) is 0. The topological polar surface area (TPSA) is 0 Å². The van der Waals surface area contributed by atoms with Crippen molar-refractivity contribution in [3.05, 3.63) is 0 Å². The summed E-state index contributed by atoms with van der Waals surface area (Å²) in [6.07, 6.45) is 8.83. The summed E-state index contributed by atoms with van der Waals surface area (Å²) >= 11 is -1.15. The predicted octanol–water partition coefficient (Wildman–Crippen LogP) is 5.39. The first-order valence-corrected chi connectivity index (χ1v) is 13.2. The van der Waals surface area contributed by atoms with Gasteiger partial charge in [-0.1, -0.05) is 0 Å². The van der Waals surface area contributed by atoms with Gasteiger partial charge >= 0.3 is 105 Å². The van der Waals surface area contributed by atoms with Gasteiger partial charge in [-0.15, -0.1) is 0 Å². The molecule has 0 bridgehead atoms. The van der Waals surface area contributed by atoms with Crippen LogP contribution in [0.4, 0.5) is 0 Å². The molecule has 0 spiro atoms. The van der Waals surface area contributed by atoms with Gasteiger partial charge in [-0.3, -0.25) is 0 Å². The molecule has 0 N–H and O–H groups in total. The Labute approximate surface area is 105 Å². The van der Waals surface area contributed by atoms with Gasteiger partial charge in [-0.2, -0.15) is 0 Å². The molecule has 0 heterocycles. The first kappa shape index (κ1) is 15.8. The third-order valence-electron chi connectivity index (χ3n) is 3.60. The summed E-state index contributed by atoms with van der Waals surface area (Å²) in [6.45, 7) is 12.2. The predicted molar refractivity (Wildman–Crippen MR) is 75.5 cm³/mol. The normalized spacial score (nSPS) is 12.0. The van der Waals surface area contributed by atoms with Gasteiger partial charge in [0.05, 0.1) is 0 Å². The van der Waals surface area contributed by atoms with E-state index in [1.807, 2.05) is 0 Å². The van der Waals surface area contributed by atoms with E-state index in [1.165, 1.54) is 32.1 Å².